The molecule has 2 unspecified atom stereocenters. The van der Waals surface area contributed by atoms with Crippen molar-refractivity contribution in [3.8, 4) is 0 Å². The Labute approximate surface area is 90.5 Å². The third-order valence-electron chi connectivity index (χ3n) is 2.94. The van der Waals surface area contributed by atoms with Crippen molar-refractivity contribution in [3.05, 3.63) is 11.6 Å². The fourth-order valence-corrected chi connectivity index (χ4v) is 3.36. The van der Waals surface area contributed by atoms with Crippen LogP contribution in [-0.4, -0.2) is 37.3 Å². The van der Waals surface area contributed by atoms with Gasteiger partial charge in [0.2, 0.25) is 0 Å². The second-order valence-corrected chi connectivity index (χ2v) is 5.28. The Balaban J connectivity index is 1.73. The van der Waals surface area contributed by atoms with E-state index in [9.17, 15) is 0 Å². The zero-order valence-corrected chi connectivity index (χ0v) is 9.61. The van der Waals surface area contributed by atoms with E-state index in [2.05, 4.69) is 30.1 Å². The molecule has 0 radical (unpaired) electrons. The van der Waals surface area contributed by atoms with E-state index in [0.29, 0.717) is 6.04 Å². The lowest BCUT2D eigenvalue weighted by Crippen LogP contribution is -2.36. The number of rotatable bonds is 3. The molecule has 0 spiro atoms. The third-order valence-corrected chi connectivity index (χ3v) is 4.30. The van der Waals surface area contributed by atoms with Gasteiger partial charge in [0, 0.05) is 18.3 Å². The van der Waals surface area contributed by atoms with Gasteiger partial charge in [0.15, 0.2) is 0 Å². The first-order chi connectivity index (χ1) is 6.86. The molecule has 2 heterocycles. The highest BCUT2D eigenvalue weighted by Gasteiger charge is 2.23. The molecule has 14 heavy (non-hydrogen) atoms. The molecule has 2 nitrogen and oxygen atoms in total. The molecule has 80 valence electrons. The van der Waals surface area contributed by atoms with Gasteiger partial charge in [0.25, 0.3) is 0 Å². The molecule has 1 fully saturated rings. The van der Waals surface area contributed by atoms with E-state index >= 15 is 0 Å². The lowest BCUT2D eigenvalue weighted by molar-refractivity contribution is 0.148. The van der Waals surface area contributed by atoms with Gasteiger partial charge in [0.1, 0.15) is 0 Å². The Morgan fingerprint density at radius 1 is 1.57 bits per heavy atom. The highest BCUT2D eigenvalue weighted by atomic mass is 32.2. The minimum Gasteiger partial charge on any atom is -0.377 e. The smallest absolute Gasteiger partial charge is 0.0689 e. The van der Waals surface area contributed by atoms with E-state index in [1.165, 1.54) is 17.1 Å². The van der Waals surface area contributed by atoms with Crippen LogP contribution in [0.15, 0.2) is 11.6 Å². The molecule has 0 aromatic rings. The van der Waals surface area contributed by atoms with E-state index in [1.807, 2.05) is 0 Å². The zero-order chi connectivity index (χ0) is 9.80. The monoisotopic (exact) mass is 213 g/mol. The first kappa shape index (κ1) is 10.5. The molecular weight excluding hydrogens is 194 g/mol. The van der Waals surface area contributed by atoms with Crippen LogP contribution in [0.3, 0.4) is 0 Å². The normalized spacial score (nSPS) is 33.1. The van der Waals surface area contributed by atoms with Crippen molar-refractivity contribution in [2.75, 3.05) is 31.3 Å². The molecule has 0 bridgehead atoms. The van der Waals surface area contributed by atoms with E-state index in [-0.39, 0.29) is 0 Å². The highest BCUT2D eigenvalue weighted by Crippen LogP contribution is 2.23. The topological polar surface area (TPSA) is 21.3 Å². The van der Waals surface area contributed by atoms with Crippen LogP contribution in [0.4, 0.5) is 0 Å². The molecule has 0 aromatic heterocycles. The van der Waals surface area contributed by atoms with Crippen LogP contribution in [0.25, 0.3) is 0 Å². The fraction of sp³-hybridized carbons (Fsp3) is 0.818. The molecule has 2 aliphatic heterocycles. The minimum atomic E-state index is 0.711. The molecule has 2 aliphatic rings. The molecule has 0 amide bonds. The summed E-state index contributed by atoms with van der Waals surface area (Å²) in [6.45, 7) is 5.10. The summed E-state index contributed by atoms with van der Waals surface area (Å²) >= 11 is 2.06. The van der Waals surface area contributed by atoms with Crippen LogP contribution in [0.5, 0.6) is 0 Å². The van der Waals surface area contributed by atoms with Crippen LogP contribution in [0, 0.1) is 5.92 Å². The second-order valence-electron chi connectivity index (χ2n) is 4.21. The van der Waals surface area contributed by atoms with Crippen molar-refractivity contribution in [1.29, 1.82) is 0 Å². The Kier molecular flexibility index (Phi) is 3.90. The van der Waals surface area contributed by atoms with Crippen molar-refractivity contribution >= 4 is 11.8 Å². The van der Waals surface area contributed by atoms with Gasteiger partial charge in [-0.1, -0.05) is 13.0 Å². The van der Waals surface area contributed by atoms with Gasteiger partial charge in [-0.15, -0.1) is 0 Å². The molecule has 0 saturated carbocycles. The van der Waals surface area contributed by atoms with Crippen LogP contribution in [0.2, 0.25) is 0 Å². The number of ether oxygens (including phenoxy) is 1. The number of hydrogen-bond donors (Lipinski definition) is 1. The van der Waals surface area contributed by atoms with Gasteiger partial charge in [-0.25, -0.2) is 0 Å². The van der Waals surface area contributed by atoms with Crippen molar-refractivity contribution in [2.24, 2.45) is 5.92 Å². The SMILES string of the molecule is CC1CSCC1NCC1=CCCOC1. The molecule has 0 aliphatic carbocycles. The summed E-state index contributed by atoms with van der Waals surface area (Å²) < 4.78 is 5.41. The molecule has 1 N–H and O–H groups in total. The maximum Gasteiger partial charge on any atom is 0.0689 e. The summed E-state index contributed by atoms with van der Waals surface area (Å²) in [6.07, 6.45) is 3.41. The summed E-state index contributed by atoms with van der Waals surface area (Å²) in [6, 6.07) is 0.711. The van der Waals surface area contributed by atoms with Gasteiger partial charge >= 0.3 is 0 Å². The zero-order valence-electron chi connectivity index (χ0n) is 8.79. The summed E-state index contributed by atoms with van der Waals surface area (Å²) in [5, 5.41) is 3.63. The maximum absolute atomic E-state index is 5.41. The fourth-order valence-electron chi connectivity index (χ4n) is 1.92. The lowest BCUT2D eigenvalue weighted by Gasteiger charge is -2.19. The van der Waals surface area contributed by atoms with E-state index in [4.69, 9.17) is 4.74 Å². The van der Waals surface area contributed by atoms with Crippen LogP contribution < -0.4 is 5.32 Å². The van der Waals surface area contributed by atoms with Gasteiger partial charge in [0.05, 0.1) is 13.2 Å². The number of nitrogens with one attached hydrogen (secondary N) is 1. The van der Waals surface area contributed by atoms with Crippen molar-refractivity contribution < 1.29 is 4.74 Å². The van der Waals surface area contributed by atoms with Gasteiger partial charge < -0.3 is 10.1 Å². The molecule has 2 atom stereocenters. The molecule has 0 aromatic carbocycles. The first-order valence-corrected chi connectivity index (χ1v) is 6.58. The Hall–Kier alpha value is 0.01000. The standard InChI is InChI=1S/C11H19NOS/c1-9-7-14-8-11(9)12-5-10-3-2-4-13-6-10/h3,9,11-12H,2,4-8H2,1H3. The lowest BCUT2D eigenvalue weighted by atomic mass is 10.1. The van der Waals surface area contributed by atoms with Gasteiger partial charge in [-0.2, -0.15) is 11.8 Å². The largest absolute Gasteiger partial charge is 0.377 e. The third kappa shape index (κ3) is 2.75. The minimum absolute atomic E-state index is 0.711. The van der Waals surface area contributed by atoms with Crippen molar-refractivity contribution in [2.45, 2.75) is 19.4 Å². The number of thioether (sulfide) groups is 1. The summed E-state index contributed by atoms with van der Waals surface area (Å²) in [5.74, 6) is 3.41. The van der Waals surface area contributed by atoms with Crippen molar-refractivity contribution in [1.82, 2.24) is 5.32 Å². The predicted octanol–water partition coefficient (Wildman–Crippen LogP) is 1.67. The summed E-state index contributed by atoms with van der Waals surface area (Å²) in [5.41, 5.74) is 1.43. The van der Waals surface area contributed by atoms with E-state index in [1.54, 1.807) is 0 Å². The van der Waals surface area contributed by atoms with Crippen LogP contribution >= 0.6 is 11.8 Å². The first-order valence-electron chi connectivity index (χ1n) is 5.43. The Morgan fingerprint density at radius 3 is 3.14 bits per heavy atom. The molecule has 3 heteroatoms. The highest BCUT2D eigenvalue weighted by molar-refractivity contribution is 7.99. The average Bonchev–Trinajstić information content (AvgIpc) is 2.63. The van der Waals surface area contributed by atoms with Gasteiger partial charge in [-0.05, 0) is 23.7 Å². The second kappa shape index (κ2) is 5.19. The quantitative estimate of drug-likeness (QED) is 0.721. The van der Waals surface area contributed by atoms with Crippen LogP contribution in [-0.2, 0) is 4.74 Å². The van der Waals surface area contributed by atoms with Crippen LogP contribution in [0.1, 0.15) is 13.3 Å². The van der Waals surface area contributed by atoms with Gasteiger partial charge in [-0.3, -0.25) is 0 Å². The maximum atomic E-state index is 5.41. The molecular formula is C11H19NOS. The van der Waals surface area contributed by atoms with E-state index < -0.39 is 0 Å². The Morgan fingerprint density at radius 2 is 2.50 bits per heavy atom. The molecule has 2 rings (SSSR count). The summed E-state index contributed by atoms with van der Waals surface area (Å²) in [4.78, 5) is 0. The molecule has 1 saturated heterocycles. The van der Waals surface area contributed by atoms with E-state index in [0.717, 1.165) is 32.1 Å². The van der Waals surface area contributed by atoms with Crippen molar-refractivity contribution in [3.63, 3.8) is 0 Å². The average molecular weight is 213 g/mol. The predicted molar refractivity (Wildman–Crippen MR) is 61.8 cm³/mol. The summed E-state index contributed by atoms with van der Waals surface area (Å²) in [7, 11) is 0. The Bertz CT molecular complexity index is 217. The number of hydrogen-bond acceptors (Lipinski definition) is 3.